The summed E-state index contributed by atoms with van der Waals surface area (Å²) in [5, 5.41) is 2.99. The molecule has 108 valence electrons. The number of thiazole rings is 1. The zero-order chi connectivity index (χ0) is 14.8. The van der Waals surface area contributed by atoms with E-state index >= 15 is 0 Å². The van der Waals surface area contributed by atoms with Crippen molar-refractivity contribution in [1.82, 2.24) is 10.4 Å². The van der Waals surface area contributed by atoms with Crippen LogP contribution < -0.4 is 15.6 Å². The summed E-state index contributed by atoms with van der Waals surface area (Å²) in [4.78, 5) is 16.9. The number of carbonyl (C=O) groups excluding carboxylic acids is 1. The van der Waals surface area contributed by atoms with Crippen LogP contribution in [0.1, 0.15) is 9.67 Å². The Bertz CT molecular complexity index is 786. The van der Waals surface area contributed by atoms with Crippen LogP contribution in [-0.4, -0.2) is 18.0 Å². The molecule has 0 aliphatic rings. The van der Waals surface area contributed by atoms with Gasteiger partial charge in [-0.15, -0.1) is 11.3 Å². The summed E-state index contributed by atoms with van der Waals surface area (Å²) < 4.78 is 6.06. The van der Waals surface area contributed by atoms with Gasteiger partial charge in [0.05, 0.1) is 21.7 Å². The van der Waals surface area contributed by atoms with E-state index in [1.54, 1.807) is 25.3 Å². The number of benzene rings is 1. The molecule has 0 fully saturated rings. The normalized spacial score (nSPS) is 10.6. The zero-order valence-corrected chi connectivity index (χ0v) is 13.2. The molecule has 0 saturated carbocycles. The van der Waals surface area contributed by atoms with Gasteiger partial charge in [0.15, 0.2) is 0 Å². The lowest BCUT2D eigenvalue weighted by atomic mass is 10.3. The fourth-order valence-corrected chi connectivity index (χ4v) is 3.48. The largest absolute Gasteiger partial charge is 0.494 e. The number of nitrogens with one attached hydrogen (secondary N) is 2. The van der Waals surface area contributed by atoms with Gasteiger partial charge in [0.1, 0.15) is 11.3 Å². The van der Waals surface area contributed by atoms with Crippen molar-refractivity contribution in [2.45, 2.75) is 0 Å². The van der Waals surface area contributed by atoms with E-state index < -0.39 is 0 Å². The highest BCUT2D eigenvalue weighted by Crippen LogP contribution is 2.37. The second-order valence-corrected chi connectivity index (χ2v) is 6.36. The first-order chi connectivity index (χ1) is 10.2. The van der Waals surface area contributed by atoms with Gasteiger partial charge in [-0.05, 0) is 23.6 Å². The summed E-state index contributed by atoms with van der Waals surface area (Å²) in [5.74, 6) is 0.436. The number of thiophene rings is 1. The van der Waals surface area contributed by atoms with Crippen molar-refractivity contribution in [2.75, 3.05) is 12.5 Å². The first-order valence-electron chi connectivity index (χ1n) is 5.92. The number of hydrogen-bond acceptors (Lipinski definition) is 6. The van der Waals surface area contributed by atoms with Gasteiger partial charge < -0.3 is 4.74 Å². The van der Waals surface area contributed by atoms with E-state index in [9.17, 15) is 4.79 Å². The molecule has 5 nitrogen and oxygen atoms in total. The summed E-state index contributed by atoms with van der Waals surface area (Å²) in [6.45, 7) is 0. The fourth-order valence-electron chi connectivity index (χ4n) is 1.75. The fraction of sp³-hybridized carbons (Fsp3) is 0.0769. The highest BCUT2D eigenvalue weighted by molar-refractivity contribution is 7.22. The van der Waals surface area contributed by atoms with Gasteiger partial charge >= 0.3 is 0 Å². The third-order valence-corrected chi connectivity index (χ3v) is 5.01. The number of hydrogen-bond donors (Lipinski definition) is 2. The molecule has 3 rings (SSSR count). The summed E-state index contributed by atoms with van der Waals surface area (Å²) in [6, 6.07) is 7.09. The number of anilines is 1. The molecular weight excluding hydrogens is 330 g/mol. The van der Waals surface area contributed by atoms with E-state index in [0.717, 1.165) is 4.70 Å². The van der Waals surface area contributed by atoms with Crippen LogP contribution in [0.4, 0.5) is 5.13 Å². The van der Waals surface area contributed by atoms with Crippen molar-refractivity contribution < 1.29 is 9.53 Å². The monoisotopic (exact) mass is 339 g/mol. The lowest BCUT2D eigenvalue weighted by Gasteiger charge is -2.02. The average molecular weight is 340 g/mol. The standard InChI is InChI=1S/C13H10ClN3O2S2/c1-19-8-5-4-7(14)11-10(8)15-13(21-11)17-16-12(18)9-3-2-6-20-9/h2-6H,1H3,(H,15,17)(H,16,18). The number of fused-ring (bicyclic) bond motifs is 1. The molecule has 0 radical (unpaired) electrons. The lowest BCUT2D eigenvalue weighted by molar-refractivity contribution is 0.0966. The predicted molar refractivity (Wildman–Crippen MR) is 86.6 cm³/mol. The first-order valence-corrected chi connectivity index (χ1v) is 7.99. The van der Waals surface area contributed by atoms with Crippen LogP contribution in [0.25, 0.3) is 10.2 Å². The average Bonchev–Trinajstić information content (AvgIpc) is 3.15. The summed E-state index contributed by atoms with van der Waals surface area (Å²) in [5.41, 5.74) is 6.08. The molecule has 2 heterocycles. The SMILES string of the molecule is COc1ccc(Cl)c2sc(NNC(=O)c3cccs3)nc12. The quantitative estimate of drug-likeness (QED) is 0.710. The maximum Gasteiger partial charge on any atom is 0.279 e. The van der Waals surface area contributed by atoms with Crippen molar-refractivity contribution in [3.63, 3.8) is 0 Å². The number of rotatable bonds is 4. The number of halogens is 1. The van der Waals surface area contributed by atoms with Gasteiger partial charge in [0.2, 0.25) is 5.13 Å². The molecule has 1 aromatic carbocycles. The Kier molecular flexibility index (Phi) is 3.96. The summed E-state index contributed by atoms with van der Waals surface area (Å²) in [7, 11) is 1.58. The molecule has 2 aromatic heterocycles. The first kappa shape index (κ1) is 14.1. The van der Waals surface area contributed by atoms with E-state index in [-0.39, 0.29) is 5.91 Å². The summed E-state index contributed by atoms with van der Waals surface area (Å²) in [6.07, 6.45) is 0. The van der Waals surface area contributed by atoms with Gasteiger partial charge in [-0.25, -0.2) is 4.98 Å². The Hall–Kier alpha value is -1.83. The second-order valence-electron chi connectivity index (χ2n) is 4.00. The predicted octanol–water partition coefficient (Wildman–Crippen LogP) is 3.78. The molecule has 0 aliphatic heterocycles. The topological polar surface area (TPSA) is 63.2 Å². The van der Waals surface area contributed by atoms with Crippen molar-refractivity contribution in [3.05, 3.63) is 39.5 Å². The van der Waals surface area contributed by atoms with Crippen LogP contribution in [0.2, 0.25) is 5.02 Å². The van der Waals surface area contributed by atoms with Crippen molar-refractivity contribution in [1.29, 1.82) is 0 Å². The van der Waals surface area contributed by atoms with Crippen LogP contribution in [0.5, 0.6) is 5.75 Å². The van der Waals surface area contributed by atoms with E-state index in [0.29, 0.717) is 26.3 Å². The number of carbonyl (C=O) groups is 1. The van der Waals surface area contributed by atoms with E-state index in [1.165, 1.54) is 22.7 Å². The number of ether oxygens (including phenoxy) is 1. The van der Waals surface area contributed by atoms with Crippen molar-refractivity contribution in [3.8, 4) is 5.75 Å². The molecule has 1 amide bonds. The van der Waals surface area contributed by atoms with Gasteiger partial charge in [0.25, 0.3) is 5.91 Å². The van der Waals surface area contributed by atoms with Crippen molar-refractivity contribution in [2.24, 2.45) is 0 Å². The highest BCUT2D eigenvalue weighted by Gasteiger charge is 2.13. The molecule has 0 aliphatic carbocycles. The van der Waals surface area contributed by atoms with Crippen molar-refractivity contribution >= 4 is 55.5 Å². The van der Waals surface area contributed by atoms with E-state index in [1.807, 2.05) is 11.4 Å². The lowest BCUT2D eigenvalue weighted by Crippen LogP contribution is -2.28. The molecule has 0 atom stereocenters. The van der Waals surface area contributed by atoms with Crippen LogP contribution in [0.15, 0.2) is 29.6 Å². The molecule has 0 saturated heterocycles. The number of amides is 1. The van der Waals surface area contributed by atoms with Gasteiger partial charge in [-0.2, -0.15) is 0 Å². The molecule has 21 heavy (non-hydrogen) atoms. The minimum atomic E-state index is -0.206. The number of nitrogens with zero attached hydrogens (tertiary/aromatic N) is 1. The Morgan fingerprint density at radius 1 is 1.38 bits per heavy atom. The minimum Gasteiger partial charge on any atom is -0.494 e. The molecule has 2 N–H and O–H groups in total. The van der Waals surface area contributed by atoms with Crippen LogP contribution in [-0.2, 0) is 0 Å². The Labute approximate surface area is 133 Å². The second kappa shape index (κ2) is 5.88. The maximum absolute atomic E-state index is 11.8. The van der Waals surface area contributed by atoms with E-state index in [4.69, 9.17) is 16.3 Å². The third-order valence-electron chi connectivity index (χ3n) is 2.71. The molecule has 0 unspecified atom stereocenters. The van der Waals surface area contributed by atoms with Gasteiger partial charge in [-0.1, -0.05) is 29.0 Å². The molecule has 8 heteroatoms. The molecule has 0 bridgehead atoms. The number of methoxy groups -OCH3 is 1. The highest BCUT2D eigenvalue weighted by atomic mass is 35.5. The molecule has 0 spiro atoms. The third kappa shape index (κ3) is 2.80. The summed E-state index contributed by atoms with van der Waals surface area (Å²) >= 11 is 8.86. The Morgan fingerprint density at radius 3 is 2.95 bits per heavy atom. The number of aromatic nitrogens is 1. The zero-order valence-electron chi connectivity index (χ0n) is 10.8. The smallest absolute Gasteiger partial charge is 0.279 e. The number of hydrazine groups is 1. The van der Waals surface area contributed by atoms with Gasteiger partial charge in [-0.3, -0.25) is 15.6 Å². The Balaban J connectivity index is 1.82. The van der Waals surface area contributed by atoms with Gasteiger partial charge in [0, 0.05) is 0 Å². The van der Waals surface area contributed by atoms with E-state index in [2.05, 4.69) is 15.8 Å². The van der Waals surface area contributed by atoms with Crippen LogP contribution in [0, 0.1) is 0 Å². The molecule has 3 aromatic rings. The Morgan fingerprint density at radius 2 is 2.24 bits per heavy atom. The van der Waals surface area contributed by atoms with Crippen LogP contribution in [0.3, 0.4) is 0 Å². The maximum atomic E-state index is 11.8. The van der Waals surface area contributed by atoms with Crippen LogP contribution >= 0.6 is 34.3 Å². The minimum absolute atomic E-state index is 0.206. The molecular formula is C13H10ClN3O2S2.